The number of hydrogen-bond acceptors (Lipinski definition) is 5. The molecule has 2 heterocycles. The van der Waals surface area contributed by atoms with Crippen LogP contribution in [0.4, 0.5) is 0 Å². The van der Waals surface area contributed by atoms with Crippen LogP contribution in [-0.2, 0) is 17.9 Å². The van der Waals surface area contributed by atoms with Gasteiger partial charge in [-0.1, -0.05) is 0 Å². The minimum Gasteiger partial charge on any atom is -0.344 e. The lowest BCUT2D eigenvalue weighted by Crippen LogP contribution is -2.39. The largest absolute Gasteiger partial charge is 0.344 e. The SMILES string of the molecule is CCn1ncnc1C(NC(=O)Cn1cc(C)c(=O)[nH]c1=O)C1CC1. The van der Waals surface area contributed by atoms with Gasteiger partial charge in [0.15, 0.2) is 0 Å². The van der Waals surface area contributed by atoms with E-state index in [2.05, 4.69) is 20.4 Å². The maximum Gasteiger partial charge on any atom is 0.328 e. The van der Waals surface area contributed by atoms with Crippen LogP contribution in [-0.4, -0.2) is 30.2 Å². The molecule has 0 saturated heterocycles. The first-order valence-electron chi connectivity index (χ1n) is 7.97. The van der Waals surface area contributed by atoms with Crippen molar-refractivity contribution in [3.63, 3.8) is 0 Å². The van der Waals surface area contributed by atoms with E-state index >= 15 is 0 Å². The third kappa shape index (κ3) is 3.29. The summed E-state index contributed by atoms with van der Waals surface area (Å²) in [5.41, 5.74) is -0.657. The molecule has 1 atom stereocenters. The van der Waals surface area contributed by atoms with Gasteiger partial charge in [-0.2, -0.15) is 5.10 Å². The van der Waals surface area contributed by atoms with E-state index < -0.39 is 11.2 Å². The molecule has 1 fully saturated rings. The highest BCUT2D eigenvalue weighted by atomic mass is 16.2. The van der Waals surface area contributed by atoms with Crippen molar-refractivity contribution in [1.82, 2.24) is 29.6 Å². The van der Waals surface area contributed by atoms with Crippen molar-refractivity contribution < 1.29 is 4.79 Å². The molecule has 1 aliphatic rings. The van der Waals surface area contributed by atoms with Crippen molar-refractivity contribution in [2.75, 3.05) is 0 Å². The van der Waals surface area contributed by atoms with Crippen LogP contribution in [0.25, 0.3) is 0 Å². The zero-order valence-electron chi connectivity index (χ0n) is 13.7. The molecule has 0 aliphatic heterocycles. The van der Waals surface area contributed by atoms with Crippen molar-refractivity contribution >= 4 is 5.91 Å². The molecule has 0 bridgehead atoms. The standard InChI is InChI=1S/C15H20N6O3/c1-3-21-13(16-8-17-21)12(10-4-5-10)18-11(22)7-20-6-9(2)14(23)19-15(20)24/h6,8,10,12H,3-5,7H2,1-2H3,(H,18,22)(H,19,23,24). The minimum absolute atomic E-state index is 0.153. The van der Waals surface area contributed by atoms with Gasteiger partial charge in [-0.05, 0) is 32.6 Å². The number of aromatic nitrogens is 5. The van der Waals surface area contributed by atoms with Gasteiger partial charge in [0.25, 0.3) is 5.56 Å². The molecule has 3 rings (SSSR count). The van der Waals surface area contributed by atoms with Crippen molar-refractivity contribution in [2.45, 2.75) is 45.8 Å². The number of nitrogens with zero attached hydrogens (tertiary/aromatic N) is 4. The van der Waals surface area contributed by atoms with Gasteiger partial charge >= 0.3 is 5.69 Å². The van der Waals surface area contributed by atoms with Crippen LogP contribution >= 0.6 is 0 Å². The lowest BCUT2D eigenvalue weighted by atomic mass is 10.1. The lowest BCUT2D eigenvalue weighted by molar-refractivity contribution is -0.122. The first-order valence-corrected chi connectivity index (χ1v) is 7.97. The number of nitrogens with one attached hydrogen (secondary N) is 2. The van der Waals surface area contributed by atoms with Crippen LogP contribution in [0.2, 0.25) is 0 Å². The third-order valence-corrected chi connectivity index (χ3v) is 4.14. The highest BCUT2D eigenvalue weighted by molar-refractivity contribution is 5.76. The number of carbonyl (C=O) groups excluding carboxylic acids is 1. The summed E-state index contributed by atoms with van der Waals surface area (Å²) < 4.78 is 2.96. The van der Waals surface area contributed by atoms with E-state index in [1.807, 2.05) is 6.92 Å². The monoisotopic (exact) mass is 332 g/mol. The predicted octanol–water partition coefficient (Wildman–Crippen LogP) is -0.276. The summed E-state index contributed by atoms with van der Waals surface area (Å²) >= 11 is 0. The second-order valence-electron chi connectivity index (χ2n) is 6.02. The highest BCUT2D eigenvalue weighted by Gasteiger charge is 2.36. The van der Waals surface area contributed by atoms with E-state index in [-0.39, 0.29) is 18.5 Å². The minimum atomic E-state index is -0.597. The number of aromatic amines is 1. The van der Waals surface area contributed by atoms with E-state index in [4.69, 9.17) is 0 Å². The average molecular weight is 332 g/mol. The summed E-state index contributed by atoms with van der Waals surface area (Å²) in [6.07, 6.45) is 4.93. The van der Waals surface area contributed by atoms with Gasteiger partial charge in [0, 0.05) is 18.3 Å². The smallest absolute Gasteiger partial charge is 0.328 e. The fourth-order valence-electron chi connectivity index (χ4n) is 2.69. The molecule has 2 N–H and O–H groups in total. The van der Waals surface area contributed by atoms with E-state index in [0.717, 1.165) is 18.7 Å². The maximum absolute atomic E-state index is 12.4. The lowest BCUT2D eigenvalue weighted by Gasteiger charge is -2.18. The van der Waals surface area contributed by atoms with Crippen LogP contribution in [0.3, 0.4) is 0 Å². The van der Waals surface area contributed by atoms with Gasteiger partial charge < -0.3 is 5.32 Å². The van der Waals surface area contributed by atoms with Crippen molar-refractivity contribution in [1.29, 1.82) is 0 Å². The Hall–Kier alpha value is -2.71. The first kappa shape index (κ1) is 16.2. The molecular formula is C15H20N6O3. The Morgan fingerprint density at radius 3 is 2.88 bits per heavy atom. The summed E-state index contributed by atoms with van der Waals surface area (Å²) in [6, 6.07) is -0.209. The van der Waals surface area contributed by atoms with E-state index in [0.29, 0.717) is 18.0 Å². The summed E-state index contributed by atoms with van der Waals surface area (Å²) in [5, 5.41) is 7.10. The summed E-state index contributed by atoms with van der Waals surface area (Å²) in [4.78, 5) is 42.0. The molecule has 128 valence electrons. The Morgan fingerprint density at radius 1 is 1.46 bits per heavy atom. The molecule has 9 heteroatoms. The predicted molar refractivity (Wildman–Crippen MR) is 85.4 cm³/mol. The number of aryl methyl sites for hydroxylation is 2. The molecular weight excluding hydrogens is 312 g/mol. The molecule has 1 saturated carbocycles. The van der Waals surface area contributed by atoms with E-state index in [1.54, 1.807) is 11.6 Å². The Kier molecular flexibility index (Phi) is 4.32. The zero-order valence-corrected chi connectivity index (χ0v) is 13.7. The van der Waals surface area contributed by atoms with Crippen molar-refractivity contribution in [3.8, 4) is 0 Å². The fraction of sp³-hybridized carbons (Fsp3) is 0.533. The molecule has 24 heavy (non-hydrogen) atoms. The van der Waals surface area contributed by atoms with Crippen LogP contribution < -0.4 is 16.6 Å². The Morgan fingerprint density at radius 2 is 2.21 bits per heavy atom. The maximum atomic E-state index is 12.4. The Balaban J connectivity index is 1.77. The molecule has 1 aliphatic carbocycles. The molecule has 1 amide bonds. The second kappa shape index (κ2) is 6.42. The number of hydrogen-bond donors (Lipinski definition) is 2. The summed E-state index contributed by atoms with van der Waals surface area (Å²) in [7, 11) is 0. The van der Waals surface area contributed by atoms with Crippen LogP contribution in [0.5, 0.6) is 0 Å². The van der Waals surface area contributed by atoms with Gasteiger partial charge in [-0.3, -0.25) is 19.1 Å². The van der Waals surface area contributed by atoms with Gasteiger partial charge in [0.2, 0.25) is 5.91 Å². The normalized spacial score (nSPS) is 15.2. The van der Waals surface area contributed by atoms with Crippen molar-refractivity contribution in [2.24, 2.45) is 5.92 Å². The topological polar surface area (TPSA) is 115 Å². The van der Waals surface area contributed by atoms with Gasteiger partial charge in [0.1, 0.15) is 18.7 Å². The van der Waals surface area contributed by atoms with E-state index in [1.165, 1.54) is 17.1 Å². The molecule has 1 unspecified atom stereocenters. The third-order valence-electron chi connectivity index (χ3n) is 4.14. The first-order chi connectivity index (χ1) is 11.5. The van der Waals surface area contributed by atoms with Crippen LogP contribution in [0.15, 0.2) is 22.1 Å². The van der Waals surface area contributed by atoms with Gasteiger partial charge in [-0.15, -0.1) is 0 Å². The van der Waals surface area contributed by atoms with Crippen LogP contribution in [0.1, 0.15) is 37.2 Å². The molecule has 0 aromatic carbocycles. The Bertz CT molecular complexity index is 861. The summed E-state index contributed by atoms with van der Waals surface area (Å²) in [6.45, 7) is 4.07. The summed E-state index contributed by atoms with van der Waals surface area (Å²) in [5.74, 6) is 0.780. The Labute approximate surface area is 137 Å². The average Bonchev–Trinajstić information content (AvgIpc) is 3.27. The van der Waals surface area contributed by atoms with Gasteiger partial charge in [0.05, 0.1) is 6.04 Å². The second-order valence-corrected chi connectivity index (χ2v) is 6.02. The molecule has 0 spiro atoms. The molecule has 0 radical (unpaired) electrons. The molecule has 2 aromatic rings. The quantitative estimate of drug-likeness (QED) is 0.755. The van der Waals surface area contributed by atoms with Crippen LogP contribution in [0, 0.1) is 12.8 Å². The number of amides is 1. The molecule has 9 nitrogen and oxygen atoms in total. The van der Waals surface area contributed by atoms with Gasteiger partial charge in [-0.25, -0.2) is 14.5 Å². The fourth-order valence-corrected chi connectivity index (χ4v) is 2.69. The van der Waals surface area contributed by atoms with Crippen molar-refractivity contribution in [3.05, 3.63) is 44.8 Å². The van der Waals surface area contributed by atoms with E-state index in [9.17, 15) is 14.4 Å². The molecule has 2 aromatic heterocycles. The number of carbonyl (C=O) groups is 1. The number of rotatable bonds is 6. The highest BCUT2D eigenvalue weighted by Crippen LogP contribution is 2.40. The zero-order chi connectivity index (χ0) is 17.3. The number of H-pyrrole nitrogens is 1.